The summed E-state index contributed by atoms with van der Waals surface area (Å²) in [4.78, 5) is 17.5. The van der Waals surface area contributed by atoms with E-state index in [2.05, 4.69) is 20.0 Å². The van der Waals surface area contributed by atoms with Gasteiger partial charge in [0.1, 0.15) is 5.82 Å². The Hall–Kier alpha value is -2.49. The van der Waals surface area contributed by atoms with Crippen molar-refractivity contribution >= 4 is 5.91 Å². The Morgan fingerprint density at radius 2 is 1.96 bits per heavy atom. The van der Waals surface area contributed by atoms with Crippen LogP contribution in [0.4, 0.5) is 17.6 Å². The quantitative estimate of drug-likeness (QED) is 0.769. The highest BCUT2D eigenvalue weighted by atomic mass is 19.4. The van der Waals surface area contributed by atoms with Crippen molar-refractivity contribution in [1.29, 1.82) is 0 Å². The Kier molecular flexibility index (Phi) is 6.19. The van der Waals surface area contributed by atoms with Gasteiger partial charge in [-0.2, -0.15) is 18.2 Å². The molecule has 0 saturated heterocycles. The maximum Gasteiger partial charge on any atom is 0.471 e. The molecule has 0 radical (unpaired) electrons. The number of carbonyl (C=O) groups excluding carboxylic acids is 1. The molecule has 1 aromatic heterocycles. The van der Waals surface area contributed by atoms with Crippen molar-refractivity contribution < 1.29 is 26.9 Å². The molecule has 2 rings (SSSR count). The molecule has 1 unspecified atom stereocenters. The smallest absolute Gasteiger partial charge is 0.348 e. The number of nitrogens with one attached hydrogen (secondary N) is 1. The second kappa shape index (κ2) is 8.03. The third-order valence-electron chi connectivity index (χ3n) is 3.96. The Balaban J connectivity index is 2.12. The first-order valence-electron chi connectivity index (χ1n) is 8.21. The maximum atomic E-state index is 14.3. The van der Waals surface area contributed by atoms with Crippen LogP contribution in [-0.4, -0.2) is 46.6 Å². The fourth-order valence-corrected chi connectivity index (χ4v) is 2.28. The van der Waals surface area contributed by atoms with Gasteiger partial charge in [0, 0.05) is 24.2 Å². The molecule has 1 heterocycles. The molecule has 1 aromatic carbocycles. The van der Waals surface area contributed by atoms with E-state index in [9.17, 15) is 22.4 Å². The van der Waals surface area contributed by atoms with Crippen molar-refractivity contribution in [3.8, 4) is 11.4 Å². The van der Waals surface area contributed by atoms with Crippen LogP contribution < -0.4 is 5.32 Å². The van der Waals surface area contributed by atoms with Crippen molar-refractivity contribution in [3.63, 3.8) is 0 Å². The summed E-state index contributed by atoms with van der Waals surface area (Å²) in [5.41, 5.74) is -0.256. The van der Waals surface area contributed by atoms with Crippen molar-refractivity contribution in [2.45, 2.75) is 39.0 Å². The van der Waals surface area contributed by atoms with E-state index in [4.69, 9.17) is 0 Å². The molecule has 27 heavy (non-hydrogen) atoms. The molecule has 0 bridgehead atoms. The summed E-state index contributed by atoms with van der Waals surface area (Å²) in [5, 5.41) is 5.87. The molecule has 2 aromatic rings. The predicted octanol–water partition coefficient (Wildman–Crippen LogP) is 3.35. The molecule has 0 saturated carbocycles. The van der Waals surface area contributed by atoms with Crippen LogP contribution in [0.5, 0.6) is 0 Å². The van der Waals surface area contributed by atoms with Crippen molar-refractivity contribution in [2.24, 2.45) is 0 Å². The van der Waals surface area contributed by atoms with Gasteiger partial charge in [-0.25, -0.2) is 4.39 Å². The monoisotopic (exact) mass is 388 g/mol. The van der Waals surface area contributed by atoms with Crippen LogP contribution in [0.1, 0.15) is 37.0 Å². The lowest BCUT2D eigenvalue weighted by atomic mass is 10.1. The van der Waals surface area contributed by atoms with Crippen molar-refractivity contribution in [2.75, 3.05) is 13.6 Å². The van der Waals surface area contributed by atoms with E-state index in [1.54, 1.807) is 6.92 Å². The number of hydrogen-bond donors (Lipinski definition) is 1. The molecule has 0 fully saturated rings. The first-order chi connectivity index (χ1) is 12.5. The number of amides is 1. The minimum atomic E-state index is -4.79. The first kappa shape index (κ1) is 20.8. The Morgan fingerprint density at radius 1 is 1.30 bits per heavy atom. The number of hydrogen-bond acceptors (Lipinski definition) is 5. The Bertz CT molecular complexity index is 804. The van der Waals surface area contributed by atoms with Crippen LogP contribution in [0.2, 0.25) is 0 Å². The van der Waals surface area contributed by atoms with E-state index in [1.807, 2.05) is 25.8 Å². The van der Waals surface area contributed by atoms with Gasteiger partial charge in [-0.1, -0.05) is 11.2 Å². The lowest BCUT2D eigenvalue weighted by Gasteiger charge is -2.25. The minimum Gasteiger partial charge on any atom is -0.348 e. The van der Waals surface area contributed by atoms with Crippen molar-refractivity contribution in [3.05, 3.63) is 35.5 Å². The molecular formula is C17H20F4N4O2. The molecule has 0 spiro atoms. The fourth-order valence-electron chi connectivity index (χ4n) is 2.28. The number of aromatic nitrogens is 2. The van der Waals surface area contributed by atoms with E-state index < -0.39 is 29.6 Å². The van der Waals surface area contributed by atoms with Crippen LogP contribution in [0.25, 0.3) is 11.4 Å². The number of rotatable bonds is 6. The number of alkyl halides is 3. The predicted molar refractivity (Wildman–Crippen MR) is 89.4 cm³/mol. The SMILES string of the molecule is CC(CN(C)C(C)C)NC(=O)c1ccc(-c2noc(C(F)(F)F)n2)cc1F. The van der Waals surface area contributed by atoms with E-state index in [0.29, 0.717) is 6.54 Å². The van der Waals surface area contributed by atoms with Gasteiger partial charge in [-0.15, -0.1) is 0 Å². The zero-order chi connectivity index (χ0) is 20.4. The number of likely N-dealkylation sites (N-methyl/N-ethyl adjacent to an activating group) is 1. The molecule has 0 aliphatic heterocycles. The lowest BCUT2D eigenvalue weighted by molar-refractivity contribution is -0.159. The standard InChI is InChI=1S/C17H20F4N4O2/c1-9(2)25(4)8-10(3)22-15(26)12-6-5-11(7-13(12)18)14-23-16(27-24-14)17(19,20)21/h5-7,9-10H,8H2,1-4H3,(H,22,26). The molecule has 1 amide bonds. The number of nitrogens with zero attached hydrogens (tertiary/aromatic N) is 3. The van der Waals surface area contributed by atoms with Gasteiger partial charge in [0.15, 0.2) is 0 Å². The summed E-state index contributed by atoms with van der Waals surface area (Å²) in [6.07, 6.45) is -4.79. The maximum absolute atomic E-state index is 14.3. The summed E-state index contributed by atoms with van der Waals surface area (Å²) in [5.74, 6) is -3.46. The van der Waals surface area contributed by atoms with E-state index in [0.717, 1.165) is 6.07 Å². The topological polar surface area (TPSA) is 71.3 Å². The van der Waals surface area contributed by atoms with Crippen LogP contribution in [0.3, 0.4) is 0 Å². The highest BCUT2D eigenvalue weighted by Crippen LogP contribution is 2.29. The molecule has 0 aliphatic carbocycles. The van der Waals surface area contributed by atoms with Crippen LogP contribution in [0, 0.1) is 5.82 Å². The third kappa shape index (κ3) is 5.25. The van der Waals surface area contributed by atoms with Gasteiger partial charge < -0.3 is 14.7 Å². The fraction of sp³-hybridized carbons (Fsp3) is 0.471. The third-order valence-corrected chi connectivity index (χ3v) is 3.96. The summed E-state index contributed by atoms with van der Waals surface area (Å²) in [7, 11) is 1.91. The first-order valence-corrected chi connectivity index (χ1v) is 8.21. The zero-order valence-corrected chi connectivity index (χ0v) is 15.3. The van der Waals surface area contributed by atoms with Gasteiger partial charge in [-0.3, -0.25) is 4.79 Å². The summed E-state index contributed by atoms with van der Waals surface area (Å²) < 4.78 is 55.9. The molecular weight excluding hydrogens is 368 g/mol. The normalized spacial score (nSPS) is 13.3. The van der Waals surface area contributed by atoms with Crippen molar-refractivity contribution in [1.82, 2.24) is 20.4 Å². The summed E-state index contributed by atoms with van der Waals surface area (Å²) >= 11 is 0. The summed E-state index contributed by atoms with van der Waals surface area (Å²) in [6.45, 7) is 6.39. The highest BCUT2D eigenvalue weighted by Gasteiger charge is 2.38. The van der Waals surface area contributed by atoms with E-state index >= 15 is 0 Å². The molecule has 0 aliphatic rings. The lowest BCUT2D eigenvalue weighted by Crippen LogP contribution is -2.42. The molecule has 10 heteroatoms. The van der Waals surface area contributed by atoms with Gasteiger partial charge in [0.25, 0.3) is 5.91 Å². The average Bonchev–Trinajstić information content (AvgIpc) is 3.04. The largest absolute Gasteiger partial charge is 0.471 e. The second-order valence-electron chi connectivity index (χ2n) is 6.52. The number of carbonyl (C=O) groups is 1. The van der Waals surface area contributed by atoms with E-state index in [-0.39, 0.29) is 23.2 Å². The molecule has 6 nitrogen and oxygen atoms in total. The summed E-state index contributed by atoms with van der Waals surface area (Å²) in [6, 6.07) is 3.38. The molecule has 1 atom stereocenters. The molecule has 148 valence electrons. The minimum absolute atomic E-state index is 0.0316. The van der Waals surface area contributed by atoms with E-state index in [1.165, 1.54) is 12.1 Å². The van der Waals surface area contributed by atoms with Gasteiger partial charge in [0.2, 0.25) is 5.82 Å². The van der Waals surface area contributed by atoms with Crippen LogP contribution in [0.15, 0.2) is 22.7 Å². The van der Waals surface area contributed by atoms with Gasteiger partial charge in [-0.05, 0) is 40.0 Å². The Labute approximate surface area is 153 Å². The highest BCUT2D eigenvalue weighted by molar-refractivity contribution is 5.95. The molecule has 1 N–H and O–H groups in total. The second-order valence-corrected chi connectivity index (χ2v) is 6.52. The van der Waals surface area contributed by atoms with Gasteiger partial charge >= 0.3 is 12.1 Å². The average molecular weight is 388 g/mol. The van der Waals surface area contributed by atoms with Crippen LogP contribution in [-0.2, 0) is 6.18 Å². The van der Waals surface area contributed by atoms with Crippen LogP contribution >= 0.6 is 0 Å². The number of halogens is 4. The zero-order valence-electron chi connectivity index (χ0n) is 15.3. The van der Waals surface area contributed by atoms with Gasteiger partial charge in [0.05, 0.1) is 5.56 Å². The Morgan fingerprint density at radius 3 is 2.48 bits per heavy atom. The number of benzene rings is 1.